The van der Waals surface area contributed by atoms with Crippen LogP contribution in [0.3, 0.4) is 0 Å². The molecule has 0 radical (unpaired) electrons. The van der Waals surface area contributed by atoms with Gasteiger partial charge >= 0.3 is 0 Å². The summed E-state index contributed by atoms with van der Waals surface area (Å²) in [5, 5.41) is 3.39. The molecule has 0 atom stereocenters. The fraction of sp³-hybridized carbons (Fsp3) is 0.467. The summed E-state index contributed by atoms with van der Waals surface area (Å²) in [7, 11) is 0. The van der Waals surface area contributed by atoms with Gasteiger partial charge in [0.1, 0.15) is 5.75 Å². The van der Waals surface area contributed by atoms with Crippen molar-refractivity contribution in [1.82, 2.24) is 5.32 Å². The Labute approximate surface area is 105 Å². The molecule has 0 aliphatic carbocycles. The number of hydrogen-bond acceptors (Lipinski definition) is 2. The van der Waals surface area contributed by atoms with Gasteiger partial charge in [0, 0.05) is 6.54 Å². The molecule has 0 aromatic heterocycles. The van der Waals surface area contributed by atoms with Gasteiger partial charge in [-0.2, -0.15) is 0 Å². The number of allylic oxidation sites excluding steroid dienone is 1. The topological polar surface area (TPSA) is 21.3 Å². The molecule has 2 nitrogen and oxygen atoms in total. The predicted octanol–water partition coefficient (Wildman–Crippen LogP) is 3.53. The van der Waals surface area contributed by atoms with E-state index in [1.165, 1.54) is 5.56 Å². The van der Waals surface area contributed by atoms with Crippen molar-refractivity contribution in [2.24, 2.45) is 0 Å². The maximum absolute atomic E-state index is 5.68. The van der Waals surface area contributed by atoms with Gasteiger partial charge in [-0.25, -0.2) is 0 Å². The third-order valence-corrected chi connectivity index (χ3v) is 2.48. The lowest BCUT2D eigenvalue weighted by Crippen LogP contribution is -2.13. The van der Waals surface area contributed by atoms with Crippen molar-refractivity contribution >= 4 is 0 Å². The van der Waals surface area contributed by atoms with Crippen LogP contribution in [0.15, 0.2) is 36.9 Å². The quantitative estimate of drug-likeness (QED) is 0.520. The Kier molecular flexibility index (Phi) is 7.15. The van der Waals surface area contributed by atoms with Crippen LogP contribution < -0.4 is 10.1 Å². The second-order valence-corrected chi connectivity index (χ2v) is 4.10. The van der Waals surface area contributed by atoms with E-state index in [4.69, 9.17) is 4.74 Å². The minimum absolute atomic E-state index is 0.762. The average Bonchev–Trinajstić information content (AvgIpc) is 2.36. The van der Waals surface area contributed by atoms with E-state index in [0.29, 0.717) is 0 Å². The van der Waals surface area contributed by atoms with Crippen LogP contribution in [0, 0.1) is 0 Å². The molecule has 1 N–H and O–H groups in total. The van der Waals surface area contributed by atoms with Crippen molar-refractivity contribution in [2.45, 2.75) is 32.7 Å². The lowest BCUT2D eigenvalue weighted by atomic mass is 10.2. The van der Waals surface area contributed by atoms with Crippen LogP contribution in [-0.4, -0.2) is 13.2 Å². The molecule has 0 amide bonds. The van der Waals surface area contributed by atoms with Gasteiger partial charge in [-0.15, -0.1) is 6.58 Å². The Bertz CT molecular complexity index is 322. The molecule has 0 unspecified atom stereocenters. The first-order chi connectivity index (χ1) is 8.36. The SMILES string of the molecule is C=CCCCOc1cccc(CNCCC)c1. The standard InChI is InChI=1S/C15H23NO/c1-3-5-6-11-17-15-9-7-8-14(12-15)13-16-10-4-2/h3,7-9,12,16H,1,4-6,10-11,13H2,2H3. The highest BCUT2D eigenvalue weighted by molar-refractivity contribution is 5.28. The zero-order valence-electron chi connectivity index (χ0n) is 10.7. The number of benzene rings is 1. The Morgan fingerprint density at radius 3 is 3.06 bits per heavy atom. The molecular formula is C15H23NO. The molecule has 0 aliphatic heterocycles. The highest BCUT2D eigenvalue weighted by Crippen LogP contribution is 2.13. The van der Waals surface area contributed by atoms with Crippen LogP contribution in [-0.2, 0) is 6.54 Å². The van der Waals surface area contributed by atoms with E-state index in [9.17, 15) is 0 Å². The maximum Gasteiger partial charge on any atom is 0.119 e. The Hall–Kier alpha value is -1.28. The lowest BCUT2D eigenvalue weighted by molar-refractivity contribution is 0.312. The molecule has 1 aromatic carbocycles. The molecule has 1 aromatic rings. The molecule has 2 heteroatoms. The zero-order chi connectivity index (χ0) is 12.3. The van der Waals surface area contributed by atoms with E-state index in [0.717, 1.165) is 44.7 Å². The molecule has 0 saturated carbocycles. The van der Waals surface area contributed by atoms with Crippen LogP contribution in [0.1, 0.15) is 31.7 Å². The van der Waals surface area contributed by atoms with Crippen molar-refractivity contribution in [3.8, 4) is 5.75 Å². The van der Waals surface area contributed by atoms with Gasteiger partial charge in [0.2, 0.25) is 0 Å². The highest BCUT2D eigenvalue weighted by Gasteiger charge is 1.96. The van der Waals surface area contributed by atoms with E-state index >= 15 is 0 Å². The molecule has 17 heavy (non-hydrogen) atoms. The molecule has 0 saturated heterocycles. The monoisotopic (exact) mass is 233 g/mol. The van der Waals surface area contributed by atoms with E-state index in [-0.39, 0.29) is 0 Å². The average molecular weight is 233 g/mol. The molecule has 1 rings (SSSR count). The van der Waals surface area contributed by atoms with Crippen molar-refractivity contribution < 1.29 is 4.74 Å². The molecule has 0 heterocycles. The number of rotatable bonds is 9. The largest absolute Gasteiger partial charge is 0.494 e. The summed E-state index contributed by atoms with van der Waals surface area (Å²) in [6.07, 6.45) is 5.13. The fourth-order valence-electron chi connectivity index (χ4n) is 1.57. The van der Waals surface area contributed by atoms with Crippen LogP contribution in [0.4, 0.5) is 0 Å². The summed E-state index contributed by atoms with van der Waals surface area (Å²) < 4.78 is 5.68. The van der Waals surface area contributed by atoms with E-state index in [1.807, 2.05) is 18.2 Å². The highest BCUT2D eigenvalue weighted by atomic mass is 16.5. The molecule has 0 bridgehead atoms. The first kappa shape index (κ1) is 13.8. The Morgan fingerprint density at radius 2 is 2.29 bits per heavy atom. The Morgan fingerprint density at radius 1 is 1.41 bits per heavy atom. The molecule has 94 valence electrons. The molecule has 0 aliphatic rings. The van der Waals surface area contributed by atoms with Crippen LogP contribution in [0.5, 0.6) is 5.75 Å². The summed E-state index contributed by atoms with van der Waals surface area (Å²) in [5.74, 6) is 0.963. The third-order valence-electron chi connectivity index (χ3n) is 2.48. The van der Waals surface area contributed by atoms with Crippen LogP contribution >= 0.6 is 0 Å². The van der Waals surface area contributed by atoms with Gasteiger partial charge in [0.05, 0.1) is 6.61 Å². The zero-order valence-corrected chi connectivity index (χ0v) is 10.7. The summed E-state index contributed by atoms with van der Waals surface area (Å²) in [6.45, 7) is 8.61. The summed E-state index contributed by atoms with van der Waals surface area (Å²) in [5.41, 5.74) is 1.28. The van der Waals surface area contributed by atoms with E-state index < -0.39 is 0 Å². The number of nitrogens with one attached hydrogen (secondary N) is 1. The van der Waals surface area contributed by atoms with Crippen molar-refractivity contribution in [3.63, 3.8) is 0 Å². The first-order valence-corrected chi connectivity index (χ1v) is 6.40. The number of unbranched alkanes of at least 4 members (excludes halogenated alkanes) is 1. The van der Waals surface area contributed by atoms with Gasteiger partial charge < -0.3 is 10.1 Å². The predicted molar refractivity (Wildman–Crippen MR) is 73.4 cm³/mol. The minimum atomic E-state index is 0.762. The second-order valence-electron chi connectivity index (χ2n) is 4.10. The number of hydrogen-bond donors (Lipinski definition) is 1. The van der Waals surface area contributed by atoms with Crippen molar-refractivity contribution in [3.05, 3.63) is 42.5 Å². The van der Waals surface area contributed by atoms with Gasteiger partial charge in [0.25, 0.3) is 0 Å². The molecule has 0 spiro atoms. The van der Waals surface area contributed by atoms with Gasteiger partial charge in [-0.1, -0.05) is 25.1 Å². The Balaban J connectivity index is 2.34. The van der Waals surface area contributed by atoms with Crippen LogP contribution in [0.2, 0.25) is 0 Å². The van der Waals surface area contributed by atoms with Crippen LogP contribution in [0.25, 0.3) is 0 Å². The van der Waals surface area contributed by atoms with E-state index in [1.54, 1.807) is 0 Å². The molecular weight excluding hydrogens is 210 g/mol. The summed E-state index contributed by atoms with van der Waals surface area (Å²) in [4.78, 5) is 0. The molecule has 0 fully saturated rings. The summed E-state index contributed by atoms with van der Waals surface area (Å²) >= 11 is 0. The smallest absolute Gasteiger partial charge is 0.119 e. The first-order valence-electron chi connectivity index (χ1n) is 6.40. The summed E-state index contributed by atoms with van der Waals surface area (Å²) in [6, 6.07) is 8.29. The lowest BCUT2D eigenvalue weighted by Gasteiger charge is -2.08. The van der Waals surface area contributed by atoms with E-state index in [2.05, 4.69) is 31.0 Å². The normalized spacial score (nSPS) is 10.2. The van der Waals surface area contributed by atoms with Gasteiger partial charge in [-0.3, -0.25) is 0 Å². The van der Waals surface area contributed by atoms with Gasteiger partial charge in [0.15, 0.2) is 0 Å². The fourth-order valence-corrected chi connectivity index (χ4v) is 1.57. The second kappa shape index (κ2) is 8.82. The minimum Gasteiger partial charge on any atom is -0.494 e. The maximum atomic E-state index is 5.68. The van der Waals surface area contributed by atoms with Gasteiger partial charge in [-0.05, 0) is 43.5 Å². The third kappa shape index (κ3) is 6.12. The van der Waals surface area contributed by atoms with Crippen molar-refractivity contribution in [1.29, 1.82) is 0 Å². The number of ether oxygens (including phenoxy) is 1. The van der Waals surface area contributed by atoms with Crippen molar-refractivity contribution in [2.75, 3.05) is 13.2 Å².